The van der Waals surface area contributed by atoms with Crippen LogP contribution in [0.25, 0.3) is 16.7 Å². The van der Waals surface area contributed by atoms with Gasteiger partial charge in [0, 0.05) is 61.6 Å². The van der Waals surface area contributed by atoms with Crippen LogP contribution in [0.5, 0.6) is 0 Å². The van der Waals surface area contributed by atoms with Gasteiger partial charge in [0.2, 0.25) is 11.8 Å². The lowest BCUT2D eigenvalue weighted by Crippen LogP contribution is -2.35. The monoisotopic (exact) mass is 902 g/mol. The molecule has 5 heterocycles. The Kier molecular flexibility index (Phi) is 14.0. The number of unbranched alkanes of at least 4 members (excludes halogenated alkanes) is 2. The van der Waals surface area contributed by atoms with Gasteiger partial charge in [-0.15, -0.1) is 0 Å². The van der Waals surface area contributed by atoms with Crippen LogP contribution in [-0.2, 0) is 9.59 Å². The summed E-state index contributed by atoms with van der Waals surface area (Å²) in [6.45, 7) is 1.14. The number of rotatable bonds is 16. The van der Waals surface area contributed by atoms with Crippen LogP contribution in [0.2, 0.25) is 0 Å². The molecule has 3 aromatic heterocycles. The molecule has 344 valence electrons. The first kappa shape index (κ1) is 45.5. The van der Waals surface area contributed by atoms with Crippen LogP contribution in [0.4, 0.5) is 11.4 Å². The van der Waals surface area contributed by atoms with Crippen LogP contribution in [0.3, 0.4) is 0 Å². The summed E-state index contributed by atoms with van der Waals surface area (Å²) in [7, 11) is 0. The molecule has 0 saturated carbocycles. The van der Waals surface area contributed by atoms with Gasteiger partial charge in [0.1, 0.15) is 0 Å². The summed E-state index contributed by atoms with van der Waals surface area (Å²) in [4.78, 5) is 43.0. The molecule has 3 atom stereocenters. The summed E-state index contributed by atoms with van der Waals surface area (Å²) in [6, 6.07) is 48.0. The molecule has 7 aromatic rings. The first-order valence-electron chi connectivity index (χ1n) is 23.5. The van der Waals surface area contributed by atoms with Crippen LogP contribution in [-0.4, -0.2) is 57.7 Å². The number of carbonyl (C=O) groups is 2. The van der Waals surface area contributed by atoms with Crippen molar-refractivity contribution in [2.45, 2.75) is 56.5 Å². The maximum Gasteiger partial charge on any atom is 0.241 e. The van der Waals surface area contributed by atoms with Crippen LogP contribution < -0.4 is 44.3 Å². The summed E-state index contributed by atoms with van der Waals surface area (Å²) in [5, 5.41) is 7.80. The van der Waals surface area contributed by atoms with Gasteiger partial charge in [0.15, 0.2) is 0 Å². The topological polar surface area (TPSA) is 222 Å². The number of hydrogen-bond acceptors (Lipinski definition) is 7. The number of benzene rings is 4. The molecule has 0 radical (unpaired) electrons. The van der Waals surface area contributed by atoms with Crippen molar-refractivity contribution in [2.24, 2.45) is 27.9 Å². The van der Waals surface area contributed by atoms with Gasteiger partial charge in [-0.1, -0.05) is 97.8 Å². The third-order valence-corrected chi connectivity index (χ3v) is 12.6. The maximum atomic E-state index is 13.1. The molecule has 12 nitrogen and oxygen atoms in total. The van der Waals surface area contributed by atoms with Gasteiger partial charge < -0.3 is 48.5 Å². The molecule has 4 aromatic carbocycles. The molecule has 68 heavy (non-hydrogen) atoms. The number of fused-ring (bicyclic) bond motifs is 7. The molecule has 2 amide bonds. The first-order chi connectivity index (χ1) is 33.3. The quantitative estimate of drug-likeness (QED) is 0.0471. The van der Waals surface area contributed by atoms with Crippen molar-refractivity contribution in [1.82, 2.24) is 15.0 Å². The number of nitrogens with zero attached hydrogens (tertiary/aromatic N) is 1. The summed E-state index contributed by atoms with van der Waals surface area (Å²) in [5.41, 5.74) is 37.4. The summed E-state index contributed by atoms with van der Waals surface area (Å²) < 4.78 is 0. The van der Waals surface area contributed by atoms with Crippen molar-refractivity contribution >= 4 is 45.6 Å². The lowest BCUT2D eigenvalue weighted by Gasteiger charge is -2.18. The highest BCUT2D eigenvalue weighted by atomic mass is 16.2. The third-order valence-electron chi connectivity index (χ3n) is 12.6. The van der Waals surface area contributed by atoms with Gasteiger partial charge >= 0.3 is 0 Å². The Bertz CT molecular complexity index is 3100. The Morgan fingerprint density at radius 2 is 1.00 bits per heavy atom. The van der Waals surface area contributed by atoms with Crippen molar-refractivity contribution in [3.05, 3.63) is 219 Å². The minimum absolute atomic E-state index is 0.225. The molecule has 9 rings (SSSR count). The molecular formula is C56H58N10O2. The van der Waals surface area contributed by atoms with E-state index in [9.17, 15) is 9.59 Å². The fourth-order valence-corrected chi connectivity index (χ4v) is 9.08. The molecule has 0 saturated heterocycles. The molecule has 12 heteroatoms. The second-order valence-corrected chi connectivity index (χ2v) is 17.4. The van der Waals surface area contributed by atoms with Gasteiger partial charge in [0.05, 0.1) is 29.4 Å². The van der Waals surface area contributed by atoms with Crippen LogP contribution >= 0.6 is 0 Å². The molecule has 8 bridgehead atoms. The number of nitrogens with two attached hydrogens (primary N) is 4. The lowest BCUT2D eigenvalue weighted by molar-refractivity contribution is -0.118. The Hall–Kier alpha value is -7.61. The fourth-order valence-electron chi connectivity index (χ4n) is 9.08. The summed E-state index contributed by atoms with van der Waals surface area (Å²) >= 11 is 0. The highest BCUT2D eigenvalue weighted by Gasteiger charge is 2.26. The molecule has 0 fully saturated rings. The number of amides is 2. The van der Waals surface area contributed by atoms with E-state index in [4.69, 9.17) is 27.9 Å². The highest BCUT2D eigenvalue weighted by Crippen LogP contribution is 2.37. The maximum absolute atomic E-state index is 13.1. The average molecular weight is 903 g/mol. The van der Waals surface area contributed by atoms with Crippen molar-refractivity contribution < 1.29 is 9.59 Å². The molecular weight excluding hydrogens is 845 g/mol. The lowest BCUT2D eigenvalue weighted by atomic mass is 9.92. The second-order valence-electron chi connectivity index (χ2n) is 17.4. The normalized spacial score (nSPS) is 15.3. The van der Waals surface area contributed by atoms with E-state index >= 15 is 0 Å². The van der Waals surface area contributed by atoms with Crippen LogP contribution in [0, 0.1) is 0 Å². The number of aliphatic imine (C=N–C) groups is 1. The average Bonchev–Trinajstić information content (AvgIpc) is 4.22. The number of carbonyl (C=O) groups excluding carboxylic acids is 2. The van der Waals surface area contributed by atoms with Crippen LogP contribution in [0.1, 0.15) is 89.5 Å². The van der Waals surface area contributed by atoms with Gasteiger partial charge in [-0.3, -0.25) is 9.59 Å². The van der Waals surface area contributed by atoms with Crippen molar-refractivity contribution in [3.63, 3.8) is 0 Å². The summed E-state index contributed by atoms with van der Waals surface area (Å²) in [5.74, 6) is -0.733. The predicted molar refractivity (Wildman–Crippen MR) is 274 cm³/mol. The van der Waals surface area contributed by atoms with Crippen molar-refractivity contribution in [3.8, 4) is 0 Å². The van der Waals surface area contributed by atoms with Gasteiger partial charge in [-0.2, -0.15) is 0 Å². The minimum Gasteiger partial charge on any atom is -0.357 e. The van der Waals surface area contributed by atoms with E-state index in [2.05, 4.69) is 98.4 Å². The third kappa shape index (κ3) is 10.0. The molecule has 2 aliphatic rings. The smallest absolute Gasteiger partial charge is 0.241 e. The largest absolute Gasteiger partial charge is 0.357 e. The van der Waals surface area contributed by atoms with Gasteiger partial charge in [0.25, 0.3) is 0 Å². The van der Waals surface area contributed by atoms with E-state index < -0.39 is 12.1 Å². The minimum atomic E-state index is -0.627. The van der Waals surface area contributed by atoms with E-state index in [0.29, 0.717) is 37.3 Å². The van der Waals surface area contributed by atoms with Gasteiger partial charge in [-0.25, -0.2) is 4.99 Å². The first-order valence-corrected chi connectivity index (χ1v) is 23.5. The van der Waals surface area contributed by atoms with Gasteiger partial charge in [-0.05, 0) is 134 Å². The van der Waals surface area contributed by atoms with Crippen molar-refractivity contribution in [1.29, 1.82) is 0 Å². The number of nitrogens with one attached hydrogen (secondary N) is 5. The Balaban J connectivity index is 1.20. The highest BCUT2D eigenvalue weighted by molar-refractivity contribution is 6.30. The number of allylic oxidation sites excluding steroid dienone is 2. The van der Waals surface area contributed by atoms with E-state index in [0.717, 1.165) is 110 Å². The van der Waals surface area contributed by atoms with Crippen molar-refractivity contribution in [2.75, 3.05) is 23.7 Å². The standard InChI is InChI=1S/C56H58N10O2/c57-33-9-7-15-41(59)55(67)61-39-21-17-37(18-22-39)53-47-29-27-45(64-47)51(35-11-3-1-4-12-35)43-25-26-44(63-43)52(36-13-5-2-6-14-36)46-28-30-48(65-46)54(50-32-31-49(53)66-50)38-19-23-40(24-20-38)62-56(68)42(60)16-8-10-34-58/h1-6,11-14,17-32,41-42,53,64-66H,7-10,15-16,33-34,57-60H2,(H,61,67)(H,62,68)/t41-,42-,53?/m0/s1. The fraction of sp³-hybridized carbons (Fsp3) is 0.196. The molecule has 2 aliphatic heterocycles. The van der Waals surface area contributed by atoms with E-state index in [1.807, 2.05) is 84.9 Å². The number of aromatic amines is 3. The number of H-pyrrole nitrogens is 3. The zero-order valence-corrected chi connectivity index (χ0v) is 38.0. The molecule has 0 spiro atoms. The molecule has 0 aliphatic carbocycles. The molecule has 1 unspecified atom stereocenters. The van der Waals surface area contributed by atoms with E-state index in [-0.39, 0.29) is 17.7 Å². The second kappa shape index (κ2) is 20.9. The number of aromatic nitrogens is 3. The van der Waals surface area contributed by atoms with Crippen LogP contribution in [0.15, 0.2) is 168 Å². The Morgan fingerprint density at radius 3 is 1.54 bits per heavy atom. The number of hydrogen-bond donors (Lipinski definition) is 9. The Morgan fingerprint density at radius 1 is 0.515 bits per heavy atom. The summed E-state index contributed by atoms with van der Waals surface area (Å²) in [6.07, 6.45) is 8.55. The Labute approximate surface area is 396 Å². The van der Waals surface area contributed by atoms with E-state index in [1.165, 1.54) is 0 Å². The van der Waals surface area contributed by atoms with E-state index in [1.54, 1.807) is 0 Å². The molecule has 13 N–H and O–H groups in total. The predicted octanol–water partition coefficient (Wildman–Crippen LogP) is 6.87. The zero-order valence-electron chi connectivity index (χ0n) is 38.0. The SMILES string of the molecule is NCCCC[C@H](N)C(=O)Nc1ccc(C2=c3ccc([nH]3)=C(c3ccccc3)C3=NC(=C(c4ccccc4)c4ccc([nH]4)C(c4ccc(NC(=O)[C@@H](N)CCCCN)cc4)c4ccc2[nH]4)C=C3)cc1. The zero-order chi connectivity index (χ0) is 47.0. The number of anilines is 2.